The third kappa shape index (κ3) is 5.31. The number of hydrogen-bond acceptors (Lipinski definition) is 4. The van der Waals surface area contributed by atoms with E-state index in [2.05, 4.69) is 0 Å². The molecule has 0 aliphatic carbocycles. The Labute approximate surface area is 146 Å². The minimum absolute atomic E-state index is 0.00825. The fourth-order valence-electron chi connectivity index (χ4n) is 2.28. The number of likely N-dealkylation sites (N-methyl/N-ethyl adjacent to an activating group) is 1. The van der Waals surface area contributed by atoms with Crippen molar-refractivity contribution >= 4 is 11.9 Å². The van der Waals surface area contributed by atoms with Gasteiger partial charge in [0.05, 0.1) is 13.5 Å². The summed E-state index contributed by atoms with van der Waals surface area (Å²) in [7, 11) is 3.05. The molecule has 5 nitrogen and oxygen atoms in total. The van der Waals surface area contributed by atoms with E-state index in [1.165, 1.54) is 25.1 Å². The number of para-hydroxylation sites is 1. The summed E-state index contributed by atoms with van der Waals surface area (Å²) in [5.41, 5.74) is 1.08. The number of benzene rings is 2. The van der Waals surface area contributed by atoms with Crippen LogP contribution in [0.2, 0.25) is 0 Å². The van der Waals surface area contributed by atoms with Gasteiger partial charge in [-0.05, 0) is 12.1 Å². The SMILES string of the molecule is COc1ccccc1CC(=O)OCC(=O)N(C)Cc1ccccc1F. The molecule has 2 aromatic rings. The van der Waals surface area contributed by atoms with Gasteiger partial charge in [-0.2, -0.15) is 0 Å². The van der Waals surface area contributed by atoms with Crippen LogP contribution < -0.4 is 4.74 Å². The third-order valence-corrected chi connectivity index (χ3v) is 3.68. The Kier molecular flexibility index (Phi) is 6.51. The van der Waals surface area contributed by atoms with Crippen molar-refractivity contribution in [2.45, 2.75) is 13.0 Å². The van der Waals surface area contributed by atoms with E-state index < -0.39 is 11.9 Å². The summed E-state index contributed by atoms with van der Waals surface area (Å²) < 4.78 is 23.8. The van der Waals surface area contributed by atoms with E-state index in [0.717, 1.165) is 0 Å². The van der Waals surface area contributed by atoms with Gasteiger partial charge in [0, 0.05) is 24.7 Å². The molecule has 0 unspecified atom stereocenters. The highest BCUT2D eigenvalue weighted by molar-refractivity contribution is 5.81. The van der Waals surface area contributed by atoms with Crippen molar-refractivity contribution in [1.82, 2.24) is 4.90 Å². The molecular formula is C19H20FNO4. The summed E-state index contributed by atoms with van der Waals surface area (Å²) >= 11 is 0. The predicted octanol–water partition coefficient (Wildman–Crippen LogP) is 2.58. The van der Waals surface area contributed by atoms with Crippen LogP contribution >= 0.6 is 0 Å². The Bertz CT molecular complexity index is 748. The lowest BCUT2D eigenvalue weighted by atomic mass is 10.1. The highest BCUT2D eigenvalue weighted by Crippen LogP contribution is 2.18. The monoisotopic (exact) mass is 345 g/mol. The molecule has 25 heavy (non-hydrogen) atoms. The molecule has 0 aromatic heterocycles. The molecule has 0 N–H and O–H groups in total. The molecule has 0 aliphatic heterocycles. The van der Waals surface area contributed by atoms with Crippen molar-refractivity contribution in [3.63, 3.8) is 0 Å². The van der Waals surface area contributed by atoms with Crippen LogP contribution in [0.5, 0.6) is 5.75 Å². The average molecular weight is 345 g/mol. The standard InChI is InChI=1S/C19H20FNO4/c1-21(12-15-8-3-5-9-16(15)20)18(22)13-25-19(23)11-14-7-4-6-10-17(14)24-2/h3-10H,11-13H2,1-2H3. The first-order valence-corrected chi connectivity index (χ1v) is 7.76. The van der Waals surface area contributed by atoms with Gasteiger partial charge in [0.1, 0.15) is 11.6 Å². The van der Waals surface area contributed by atoms with Crippen LogP contribution in [0.3, 0.4) is 0 Å². The van der Waals surface area contributed by atoms with E-state index >= 15 is 0 Å². The molecule has 0 saturated heterocycles. The van der Waals surface area contributed by atoms with Crippen molar-refractivity contribution in [3.05, 3.63) is 65.5 Å². The molecule has 132 valence electrons. The number of ether oxygens (including phenoxy) is 2. The zero-order chi connectivity index (χ0) is 18.2. The molecule has 2 rings (SSSR count). The van der Waals surface area contributed by atoms with E-state index in [4.69, 9.17) is 9.47 Å². The van der Waals surface area contributed by atoms with Crippen LogP contribution in [0.1, 0.15) is 11.1 Å². The van der Waals surface area contributed by atoms with Gasteiger partial charge in [-0.3, -0.25) is 9.59 Å². The van der Waals surface area contributed by atoms with Crippen molar-refractivity contribution in [2.75, 3.05) is 20.8 Å². The first-order valence-electron chi connectivity index (χ1n) is 7.76. The second-order valence-electron chi connectivity index (χ2n) is 5.49. The van der Waals surface area contributed by atoms with Gasteiger partial charge in [0.15, 0.2) is 6.61 Å². The molecule has 0 aliphatic rings. The van der Waals surface area contributed by atoms with Gasteiger partial charge >= 0.3 is 5.97 Å². The second kappa shape index (κ2) is 8.82. The molecular weight excluding hydrogens is 325 g/mol. The molecule has 0 heterocycles. The van der Waals surface area contributed by atoms with Crippen LogP contribution in [-0.2, 0) is 27.3 Å². The zero-order valence-corrected chi connectivity index (χ0v) is 14.2. The summed E-state index contributed by atoms with van der Waals surface area (Å²) in [5.74, 6) is -0.730. The summed E-state index contributed by atoms with van der Waals surface area (Å²) in [6.45, 7) is -0.283. The Morgan fingerprint density at radius 1 is 1.04 bits per heavy atom. The molecule has 0 bridgehead atoms. The lowest BCUT2D eigenvalue weighted by Crippen LogP contribution is -2.31. The number of carbonyl (C=O) groups excluding carboxylic acids is 2. The maximum absolute atomic E-state index is 13.6. The molecule has 0 spiro atoms. The summed E-state index contributed by atoms with van der Waals surface area (Å²) in [5, 5.41) is 0. The van der Waals surface area contributed by atoms with E-state index in [9.17, 15) is 14.0 Å². The first-order chi connectivity index (χ1) is 12.0. The van der Waals surface area contributed by atoms with Crippen LogP contribution in [0.15, 0.2) is 48.5 Å². The molecule has 0 atom stereocenters. The zero-order valence-electron chi connectivity index (χ0n) is 14.2. The van der Waals surface area contributed by atoms with E-state index in [-0.39, 0.29) is 25.4 Å². The van der Waals surface area contributed by atoms with Gasteiger partial charge < -0.3 is 14.4 Å². The van der Waals surface area contributed by atoms with Crippen molar-refractivity contribution in [3.8, 4) is 5.75 Å². The number of halogens is 1. The smallest absolute Gasteiger partial charge is 0.310 e. The third-order valence-electron chi connectivity index (χ3n) is 3.68. The normalized spacial score (nSPS) is 10.2. The minimum atomic E-state index is -0.530. The van der Waals surface area contributed by atoms with E-state index in [1.54, 1.807) is 42.5 Å². The Morgan fingerprint density at radius 2 is 1.68 bits per heavy atom. The molecule has 0 fully saturated rings. The van der Waals surface area contributed by atoms with Crippen LogP contribution in [-0.4, -0.2) is 37.5 Å². The highest BCUT2D eigenvalue weighted by Gasteiger charge is 2.15. The molecule has 6 heteroatoms. The van der Waals surface area contributed by atoms with E-state index in [1.807, 2.05) is 0 Å². The maximum atomic E-state index is 13.6. The summed E-state index contributed by atoms with van der Waals surface area (Å²) in [6.07, 6.45) is 0.00825. The number of amides is 1. The van der Waals surface area contributed by atoms with Gasteiger partial charge in [0.2, 0.25) is 0 Å². The minimum Gasteiger partial charge on any atom is -0.496 e. The molecule has 0 saturated carbocycles. The van der Waals surface area contributed by atoms with Gasteiger partial charge in [-0.1, -0.05) is 36.4 Å². The number of rotatable bonds is 7. The van der Waals surface area contributed by atoms with Crippen molar-refractivity contribution in [1.29, 1.82) is 0 Å². The average Bonchev–Trinajstić information content (AvgIpc) is 2.62. The quantitative estimate of drug-likeness (QED) is 0.724. The van der Waals surface area contributed by atoms with Gasteiger partial charge in [0.25, 0.3) is 5.91 Å². The molecule has 1 amide bonds. The fourth-order valence-corrected chi connectivity index (χ4v) is 2.28. The largest absolute Gasteiger partial charge is 0.496 e. The lowest BCUT2D eigenvalue weighted by molar-refractivity contribution is -0.151. The van der Waals surface area contributed by atoms with Gasteiger partial charge in [-0.25, -0.2) is 4.39 Å². The van der Waals surface area contributed by atoms with Crippen molar-refractivity contribution in [2.24, 2.45) is 0 Å². The molecule has 2 aromatic carbocycles. The Morgan fingerprint density at radius 3 is 2.36 bits per heavy atom. The lowest BCUT2D eigenvalue weighted by Gasteiger charge is -2.17. The Balaban J connectivity index is 1.84. The fraction of sp³-hybridized carbons (Fsp3) is 0.263. The van der Waals surface area contributed by atoms with E-state index in [0.29, 0.717) is 16.9 Å². The number of nitrogens with zero attached hydrogens (tertiary/aromatic N) is 1. The topological polar surface area (TPSA) is 55.8 Å². The number of methoxy groups -OCH3 is 1. The Hall–Kier alpha value is -2.89. The highest BCUT2D eigenvalue weighted by atomic mass is 19.1. The summed E-state index contributed by atoms with van der Waals surface area (Å²) in [6, 6.07) is 13.3. The maximum Gasteiger partial charge on any atom is 0.310 e. The second-order valence-corrected chi connectivity index (χ2v) is 5.49. The van der Waals surface area contributed by atoms with Gasteiger partial charge in [-0.15, -0.1) is 0 Å². The number of esters is 1. The van der Waals surface area contributed by atoms with Crippen molar-refractivity contribution < 1.29 is 23.5 Å². The number of carbonyl (C=O) groups is 2. The predicted molar refractivity (Wildman–Crippen MR) is 90.5 cm³/mol. The van der Waals surface area contributed by atoms with Crippen LogP contribution in [0, 0.1) is 5.82 Å². The van der Waals surface area contributed by atoms with Crippen LogP contribution in [0.25, 0.3) is 0 Å². The molecule has 0 radical (unpaired) electrons. The first kappa shape index (κ1) is 18.4. The number of hydrogen-bond donors (Lipinski definition) is 0. The summed E-state index contributed by atoms with van der Waals surface area (Å²) in [4.78, 5) is 25.3. The van der Waals surface area contributed by atoms with Crippen LogP contribution in [0.4, 0.5) is 4.39 Å².